The number of halogens is 2. The van der Waals surface area contributed by atoms with Crippen molar-refractivity contribution < 1.29 is 18.4 Å². The summed E-state index contributed by atoms with van der Waals surface area (Å²) in [5, 5.41) is 8.79. The lowest BCUT2D eigenvalue weighted by Crippen LogP contribution is -2.25. The van der Waals surface area contributed by atoms with Crippen LogP contribution in [-0.2, 0) is 9.59 Å². The van der Waals surface area contributed by atoms with Crippen molar-refractivity contribution in [3.8, 4) is 0 Å². The Labute approximate surface area is 217 Å². The van der Waals surface area contributed by atoms with E-state index in [9.17, 15) is 18.4 Å². The van der Waals surface area contributed by atoms with Gasteiger partial charge in [0.05, 0.1) is 11.8 Å². The summed E-state index contributed by atoms with van der Waals surface area (Å²) in [7, 11) is 0. The molecule has 188 valence electrons. The van der Waals surface area contributed by atoms with Gasteiger partial charge in [0.15, 0.2) is 5.17 Å². The lowest BCUT2D eigenvalue weighted by Gasteiger charge is -2.23. The number of aliphatic imine (C=N–C) groups is 1. The van der Waals surface area contributed by atoms with Crippen LogP contribution in [0.5, 0.6) is 0 Å². The topological polar surface area (TPSA) is 74.1 Å². The molecule has 0 aliphatic carbocycles. The van der Waals surface area contributed by atoms with Gasteiger partial charge in [0.2, 0.25) is 5.91 Å². The first kappa shape index (κ1) is 24.8. The van der Waals surface area contributed by atoms with Crippen LogP contribution in [0.4, 0.5) is 14.5 Å². The fraction of sp³-hybridized carbons (Fsp3) is 0.214. The Bertz CT molecular complexity index is 1420. The van der Waals surface area contributed by atoms with E-state index in [1.54, 1.807) is 36.2 Å². The van der Waals surface area contributed by atoms with E-state index < -0.39 is 22.9 Å². The first-order valence-corrected chi connectivity index (χ1v) is 12.7. The number of amides is 2. The Hall–Kier alpha value is -3.85. The zero-order valence-electron chi connectivity index (χ0n) is 20.2. The van der Waals surface area contributed by atoms with E-state index >= 15 is 0 Å². The number of nitrogens with one attached hydrogen (secondary N) is 1. The van der Waals surface area contributed by atoms with Crippen LogP contribution in [0.1, 0.15) is 41.1 Å². The molecule has 2 heterocycles. The first-order valence-electron chi connectivity index (χ1n) is 11.8. The quantitative estimate of drug-likeness (QED) is 0.466. The van der Waals surface area contributed by atoms with Gasteiger partial charge in [-0.2, -0.15) is 10.1 Å². The monoisotopic (exact) mass is 518 g/mol. The maximum Gasteiger partial charge on any atom is 0.262 e. The molecule has 37 heavy (non-hydrogen) atoms. The smallest absolute Gasteiger partial charge is 0.262 e. The molecule has 1 N–H and O–H groups in total. The van der Waals surface area contributed by atoms with E-state index in [1.165, 1.54) is 30.0 Å². The maximum atomic E-state index is 13.8. The number of thioether (sulfide) groups is 1. The van der Waals surface area contributed by atoms with Gasteiger partial charge in [-0.3, -0.25) is 9.59 Å². The number of hydrazone groups is 1. The molecule has 0 saturated heterocycles. The van der Waals surface area contributed by atoms with Crippen molar-refractivity contribution in [1.29, 1.82) is 0 Å². The van der Waals surface area contributed by atoms with Crippen LogP contribution in [0.3, 0.4) is 0 Å². The molecule has 0 aromatic heterocycles. The average Bonchev–Trinajstić information content (AvgIpc) is 3.46. The number of carbonyl (C=O) groups is 2. The molecule has 2 atom stereocenters. The fourth-order valence-corrected chi connectivity index (χ4v) is 5.27. The van der Waals surface area contributed by atoms with Crippen molar-refractivity contribution in [2.45, 2.75) is 38.0 Å². The molecule has 2 amide bonds. The minimum atomic E-state index is -0.724. The minimum absolute atomic E-state index is 0.115. The summed E-state index contributed by atoms with van der Waals surface area (Å²) in [5.41, 5.74) is 4.55. The number of amidine groups is 1. The highest BCUT2D eigenvalue weighted by Gasteiger charge is 2.39. The SMILES string of the molecule is Cc1ccc(C2=NN(C3=NC(=O)[C@H](CC(=O)Nc4ccc(C)c(F)c4)S3)[C@@H](c3ccc(F)cc3)C2)cc1. The van der Waals surface area contributed by atoms with E-state index in [0.717, 1.165) is 22.4 Å². The van der Waals surface area contributed by atoms with Gasteiger partial charge in [0.25, 0.3) is 5.91 Å². The average molecular weight is 519 g/mol. The van der Waals surface area contributed by atoms with Gasteiger partial charge in [-0.15, -0.1) is 0 Å². The number of hydrogen-bond acceptors (Lipinski definition) is 5. The largest absolute Gasteiger partial charge is 0.326 e. The number of nitrogens with zero attached hydrogens (tertiary/aromatic N) is 3. The number of anilines is 1. The molecule has 6 nitrogen and oxygen atoms in total. The van der Waals surface area contributed by atoms with Gasteiger partial charge in [-0.05, 0) is 54.8 Å². The van der Waals surface area contributed by atoms with Crippen LogP contribution in [0.15, 0.2) is 76.8 Å². The van der Waals surface area contributed by atoms with Gasteiger partial charge in [0.1, 0.15) is 16.9 Å². The van der Waals surface area contributed by atoms with Gasteiger partial charge < -0.3 is 5.32 Å². The predicted molar refractivity (Wildman–Crippen MR) is 142 cm³/mol. The van der Waals surface area contributed by atoms with E-state index in [0.29, 0.717) is 22.8 Å². The molecule has 0 saturated carbocycles. The molecule has 0 bridgehead atoms. The van der Waals surface area contributed by atoms with Gasteiger partial charge in [-0.25, -0.2) is 13.8 Å². The van der Waals surface area contributed by atoms with Crippen molar-refractivity contribution >= 4 is 40.1 Å². The van der Waals surface area contributed by atoms with Crippen LogP contribution in [0.25, 0.3) is 0 Å². The van der Waals surface area contributed by atoms with E-state index in [2.05, 4.69) is 10.3 Å². The third kappa shape index (κ3) is 5.46. The van der Waals surface area contributed by atoms with E-state index in [4.69, 9.17) is 5.10 Å². The molecule has 0 fully saturated rings. The zero-order chi connectivity index (χ0) is 26.1. The summed E-state index contributed by atoms with van der Waals surface area (Å²) >= 11 is 1.17. The highest BCUT2D eigenvalue weighted by molar-refractivity contribution is 8.15. The Morgan fingerprint density at radius 3 is 2.49 bits per heavy atom. The molecular weight excluding hydrogens is 494 g/mol. The number of carbonyl (C=O) groups excluding carboxylic acids is 2. The minimum Gasteiger partial charge on any atom is -0.326 e. The Balaban J connectivity index is 1.34. The summed E-state index contributed by atoms with van der Waals surface area (Å²) in [6.45, 7) is 3.65. The van der Waals surface area contributed by atoms with Crippen molar-refractivity contribution in [2.24, 2.45) is 10.1 Å². The number of hydrogen-bond donors (Lipinski definition) is 1. The third-order valence-electron chi connectivity index (χ3n) is 6.30. The number of benzene rings is 3. The fourth-order valence-electron chi connectivity index (χ4n) is 4.21. The Morgan fingerprint density at radius 2 is 1.78 bits per heavy atom. The summed E-state index contributed by atoms with van der Waals surface area (Å²) in [4.78, 5) is 29.5. The lowest BCUT2D eigenvalue weighted by atomic mass is 9.98. The van der Waals surface area contributed by atoms with Gasteiger partial charge >= 0.3 is 0 Å². The molecule has 9 heteroatoms. The van der Waals surface area contributed by atoms with Gasteiger partial charge in [0, 0.05) is 18.5 Å². The highest BCUT2D eigenvalue weighted by Crippen LogP contribution is 2.38. The highest BCUT2D eigenvalue weighted by atomic mass is 32.2. The summed E-state index contributed by atoms with van der Waals surface area (Å²) in [5.74, 6) is -1.60. The molecule has 0 unspecified atom stereocenters. The standard InChI is InChI=1S/C28H24F2N4O2S/c1-16-3-6-18(7-4-16)23-14-24(19-8-10-20(29)11-9-19)34(33-23)28-32-27(36)25(37-28)15-26(35)31-21-12-5-17(2)22(30)13-21/h3-13,24-25H,14-15H2,1-2H3,(H,31,35)/t24-,25+/m1/s1. The molecule has 0 spiro atoms. The van der Waals surface area contributed by atoms with Gasteiger partial charge in [-0.1, -0.05) is 59.8 Å². The van der Waals surface area contributed by atoms with Crippen LogP contribution < -0.4 is 5.32 Å². The van der Waals surface area contributed by atoms with Crippen molar-refractivity contribution in [2.75, 3.05) is 5.32 Å². The first-order chi connectivity index (χ1) is 17.8. The normalized spacial score (nSPS) is 19.1. The van der Waals surface area contributed by atoms with Crippen LogP contribution >= 0.6 is 11.8 Å². The molecule has 2 aliphatic rings. The summed E-state index contributed by atoms with van der Waals surface area (Å²) < 4.78 is 27.4. The number of aryl methyl sites for hydroxylation is 2. The second-order valence-corrected chi connectivity index (χ2v) is 10.3. The zero-order valence-corrected chi connectivity index (χ0v) is 21.1. The predicted octanol–water partition coefficient (Wildman–Crippen LogP) is 5.76. The van der Waals surface area contributed by atoms with E-state index in [-0.39, 0.29) is 18.3 Å². The van der Waals surface area contributed by atoms with Crippen LogP contribution in [0.2, 0.25) is 0 Å². The summed E-state index contributed by atoms with van der Waals surface area (Å²) in [6.07, 6.45) is 0.433. The molecule has 0 radical (unpaired) electrons. The number of rotatable bonds is 5. The Morgan fingerprint density at radius 1 is 1.05 bits per heavy atom. The molecular formula is C28H24F2N4O2S. The lowest BCUT2D eigenvalue weighted by molar-refractivity contribution is -0.121. The van der Waals surface area contributed by atoms with Crippen LogP contribution in [-0.4, -0.2) is 33.0 Å². The maximum absolute atomic E-state index is 13.8. The second kappa shape index (κ2) is 10.3. The molecule has 3 aromatic carbocycles. The van der Waals surface area contributed by atoms with Crippen molar-refractivity contribution in [3.63, 3.8) is 0 Å². The Kier molecular flexibility index (Phi) is 6.88. The van der Waals surface area contributed by atoms with Crippen LogP contribution in [0, 0.1) is 25.5 Å². The van der Waals surface area contributed by atoms with E-state index in [1.807, 2.05) is 31.2 Å². The molecule has 3 aromatic rings. The van der Waals surface area contributed by atoms with Crippen molar-refractivity contribution in [3.05, 3.63) is 101 Å². The molecule has 5 rings (SSSR count). The van der Waals surface area contributed by atoms with Crippen molar-refractivity contribution in [1.82, 2.24) is 5.01 Å². The second-order valence-electron chi connectivity index (χ2n) is 9.08. The summed E-state index contributed by atoms with van der Waals surface area (Å²) in [6, 6.07) is 18.4. The third-order valence-corrected chi connectivity index (χ3v) is 7.44. The molecule has 2 aliphatic heterocycles.